The van der Waals surface area contributed by atoms with E-state index in [9.17, 15) is 0 Å². The third-order valence-electron chi connectivity index (χ3n) is 11.9. The Morgan fingerprint density at radius 1 is 0.472 bits per heavy atom. The normalized spacial score (nSPS) is 20.2. The number of rotatable bonds is 2. The van der Waals surface area contributed by atoms with Crippen LogP contribution in [0.15, 0.2) is 66.8 Å². The molecule has 0 amide bonds. The lowest BCUT2D eigenvalue weighted by molar-refractivity contribution is 0.577. The summed E-state index contributed by atoms with van der Waals surface area (Å²) in [6, 6.07) is 8.80. The molecule has 2 N–H and O–H groups in total. The molecule has 2 aliphatic heterocycles. The molecule has 3 aromatic rings. The zero-order chi connectivity index (χ0) is 35.4. The predicted octanol–water partition coefficient (Wildman–Crippen LogP) is 12.2. The van der Waals surface area contributed by atoms with E-state index >= 15 is 0 Å². The minimum Gasteiger partial charge on any atom is -0.354 e. The molecule has 0 atom stereocenters. The van der Waals surface area contributed by atoms with Gasteiger partial charge in [0.05, 0.1) is 44.9 Å². The lowest BCUT2D eigenvalue weighted by Gasteiger charge is -2.11. The summed E-state index contributed by atoms with van der Waals surface area (Å²) in [6.07, 6.45) is 40.9. The highest BCUT2D eigenvalue weighted by Crippen LogP contribution is 2.40. The molecule has 5 heterocycles. The molecule has 0 spiro atoms. The number of nitrogens with one attached hydrogen (secondary N) is 2. The van der Waals surface area contributed by atoms with E-state index in [-0.39, 0.29) is 0 Å². The largest absolute Gasteiger partial charge is 0.354 e. The molecule has 0 aromatic carbocycles. The molecule has 3 aromatic heterocycles. The van der Waals surface area contributed by atoms with E-state index in [2.05, 4.69) is 125 Å². The minimum atomic E-state index is 0.425. The third-order valence-corrected chi connectivity index (χ3v) is 11.9. The van der Waals surface area contributed by atoms with Crippen molar-refractivity contribution in [2.75, 3.05) is 0 Å². The maximum Gasteiger partial charge on any atom is 0.0815 e. The van der Waals surface area contributed by atoms with Crippen molar-refractivity contribution in [3.8, 4) is 23.7 Å². The molecule has 9 rings (SSSR count). The molecule has 0 radical (unpaired) electrons. The third kappa shape index (κ3) is 7.21. The number of nitrogens with zero attached hydrogens (tertiary/aromatic N) is 2. The zero-order valence-corrected chi connectivity index (χ0v) is 30.7. The van der Waals surface area contributed by atoms with Crippen LogP contribution in [0.3, 0.4) is 0 Å². The monoisotopic (exact) mass is 692 g/mol. The summed E-state index contributed by atoms with van der Waals surface area (Å²) in [5.74, 6) is 16.1. The summed E-state index contributed by atoms with van der Waals surface area (Å²) in [6.45, 7) is 0. The molecular formula is C49H48N4. The Hall–Kier alpha value is -5.32. The summed E-state index contributed by atoms with van der Waals surface area (Å²) < 4.78 is 0. The highest BCUT2D eigenvalue weighted by molar-refractivity contribution is 5.95. The average Bonchev–Trinajstić information content (AvgIpc) is 4.01. The first-order chi connectivity index (χ1) is 26.3. The zero-order valence-electron chi connectivity index (χ0n) is 30.7. The number of hydrogen-bond donors (Lipinski definition) is 2. The molecule has 53 heavy (non-hydrogen) atoms. The van der Waals surface area contributed by atoms with Gasteiger partial charge < -0.3 is 9.97 Å². The van der Waals surface area contributed by atoms with E-state index in [0.29, 0.717) is 17.8 Å². The van der Waals surface area contributed by atoms with Crippen molar-refractivity contribution >= 4 is 51.9 Å². The average molecular weight is 693 g/mol. The molecular weight excluding hydrogens is 645 g/mol. The van der Waals surface area contributed by atoms with Gasteiger partial charge in [-0.25, -0.2) is 9.97 Å². The predicted molar refractivity (Wildman–Crippen MR) is 222 cm³/mol. The molecule has 4 nitrogen and oxygen atoms in total. The Labute approximate surface area is 314 Å². The summed E-state index contributed by atoms with van der Waals surface area (Å²) in [5.41, 5.74) is 13.4. The smallest absolute Gasteiger partial charge is 0.0815 e. The number of aromatic amines is 2. The molecule has 8 bridgehead atoms. The van der Waals surface area contributed by atoms with E-state index in [1.807, 2.05) is 0 Å². The van der Waals surface area contributed by atoms with Gasteiger partial charge in [-0.2, -0.15) is 0 Å². The van der Waals surface area contributed by atoms with Gasteiger partial charge in [0.2, 0.25) is 0 Å². The first-order valence-electron chi connectivity index (χ1n) is 20.2. The standard InChI is InChI=1S/C49H48N4/c1-2-8-18-36(19-9-3-1)48-44-30-26-40(50-44)38(24-22-34-14-6-4-5-7-15-34)41-28-32-46(52-41)49(37-20-12-13-21-37)47-33-29-43(53-47)39(42-27-31-45(48)51-42)25-23-35-16-10-11-17-35/h1-3,8-9,18-19,26-35,37,50-51H,4-7,10-17,20-21H2/b2-1-,3-1?,8-2?,9-3-,18-8?,19-9?,36-18?,36-19?,40-38?,41-38?,42-39?,43-39?,48-44?,48-45?,49-46?,49-47?. The number of H-pyrrole nitrogens is 2. The van der Waals surface area contributed by atoms with E-state index in [1.54, 1.807) is 0 Å². The van der Waals surface area contributed by atoms with Crippen LogP contribution in [0.5, 0.6) is 0 Å². The second kappa shape index (κ2) is 15.3. The van der Waals surface area contributed by atoms with Gasteiger partial charge in [0.25, 0.3) is 0 Å². The highest BCUT2D eigenvalue weighted by atomic mass is 14.8. The van der Waals surface area contributed by atoms with Crippen LogP contribution in [0.4, 0.5) is 0 Å². The summed E-state index contributed by atoms with van der Waals surface area (Å²) in [4.78, 5) is 18.5. The van der Waals surface area contributed by atoms with Gasteiger partial charge in [0.15, 0.2) is 0 Å². The fourth-order valence-corrected chi connectivity index (χ4v) is 9.01. The van der Waals surface area contributed by atoms with Crippen LogP contribution < -0.4 is 0 Å². The Balaban J connectivity index is 1.36. The van der Waals surface area contributed by atoms with Gasteiger partial charge in [0, 0.05) is 34.0 Å². The number of fused-ring (bicyclic) bond motifs is 8. The highest BCUT2D eigenvalue weighted by Gasteiger charge is 2.25. The van der Waals surface area contributed by atoms with Crippen molar-refractivity contribution in [1.82, 2.24) is 19.9 Å². The fourth-order valence-electron chi connectivity index (χ4n) is 9.01. The van der Waals surface area contributed by atoms with Crippen molar-refractivity contribution in [1.29, 1.82) is 0 Å². The summed E-state index contributed by atoms with van der Waals surface area (Å²) in [7, 11) is 0. The van der Waals surface area contributed by atoms with Gasteiger partial charge in [-0.15, -0.1) is 0 Å². The summed E-state index contributed by atoms with van der Waals surface area (Å²) >= 11 is 0. The van der Waals surface area contributed by atoms with Crippen molar-refractivity contribution in [2.45, 2.75) is 95.8 Å². The van der Waals surface area contributed by atoms with Crippen LogP contribution in [0.25, 0.3) is 51.9 Å². The maximum absolute atomic E-state index is 5.42. The Morgan fingerprint density at radius 3 is 1.53 bits per heavy atom. The van der Waals surface area contributed by atoms with Gasteiger partial charge in [0.1, 0.15) is 0 Å². The van der Waals surface area contributed by atoms with Crippen LogP contribution in [0.2, 0.25) is 0 Å². The quantitative estimate of drug-likeness (QED) is 0.143. The van der Waals surface area contributed by atoms with Gasteiger partial charge >= 0.3 is 0 Å². The second-order valence-corrected chi connectivity index (χ2v) is 15.5. The molecule has 4 aliphatic carbocycles. The Kier molecular flexibility index (Phi) is 9.70. The van der Waals surface area contributed by atoms with Crippen molar-refractivity contribution in [2.24, 2.45) is 11.8 Å². The summed E-state index contributed by atoms with van der Waals surface area (Å²) in [5, 5.41) is 0. The SMILES string of the molecule is C(#CC1CCCCCC1)c1c2nc(c(C3CCCC3)c3nc(c(C#CC4CCCC4)c4ccc([nH]4)c(C4=C/C=C\C=C/C=C4)c4ccc1[nH]4)C=C3)C=C2. The van der Waals surface area contributed by atoms with Crippen LogP contribution >= 0.6 is 0 Å². The first-order valence-corrected chi connectivity index (χ1v) is 20.2. The molecule has 264 valence electrons. The van der Waals surface area contributed by atoms with E-state index in [0.717, 1.165) is 67.1 Å². The molecule has 4 heteroatoms. The lowest BCUT2D eigenvalue weighted by atomic mass is 9.94. The molecule has 0 saturated heterocycles. The Morgan fingerprint density at radius 2 is 0.943 bits per heavy atom. The van der Waals surface area contributed by atoms with Gasteiger partial charge in [-0.3, -0.25) is 0 Å². The topological polar surface area (TPSA) is 57.4 Å². The van der Waals surface area contributed by atoms with E-state index in [1.165, 1.54) is 95.5 Å². The maximum atomic E-state index is 5.42. The molecule has 6 aliphatic rings. The molecule has 0 unspecified atom stereocenters. The van der Waals surface area contributed by atoms with Crippen molar-refractivity contribution in [3.63, 3.8) is 0 Å². The number of aromatic nitrogens is 4. The van der Waals surface area contributed by atoms with Crippen LogP contribution in [-0.4, -0.2) is 19.9 Å². The van der Waals surface area contributed by atoms with E-state index in [4.69, 9.17) is 9.97 Å². The molecule has 3 fully saturated rings. The van der Waals surface area contributed by atoms with E-state index < -0.39 is 0 Å². The number of hydrogen-bond acceptors (Lipinski definition) is 2. The lowest BCUT2D eigenvalue weighted by Crippen LogP contribution is -2.00. The van der Waals surface area contributed by atoms with Crippen molar-refractivity contribution < 1.29 is 0 Å². The Bertz CT molecular complexity index is 2380. The van der Waals surface area contributed by atoms with Gasteiger partial charge in [-0.1, -0.05) is 118 Å². The fraction of sp³-hybridized carbons (Fsp3) is 0.347. The molecule has 3 saturated carbocycles. The second-order valence-electron chi connectivity index (χ2n) is 15.5. The van der Waals surface area contributed by atoms with Gasteiger partial charge in [-0.05, 0) is 98.6 Å². The van der Waals surface area contributed by atoms with Crippen LogP contribution in [0.1, 0.15) is 141 Å². The van der Waals surface area contributed by atoms with Crippen LogP contribution in [0, 0.1) is 35.5 Å². The van der Waals surface area contributed by atoms with Crippen molar-refractivity contribution in [3.05, 3.63) is 112 Å². The minimum absolute atomic E-state index is 0.425. The first kappa shape index (κ1) is 33.5. The number of allylic oxidation sites excluding steroid dienone is 8. The van der Waals surface area contributed by atoms with Crippen LogP contribution in [-0.2, 0) is 0 Å².